The van der Waals surface area contributed by atoms with Gasteiger partial charge in [-0.3, -0.25) is 4.98 Å². The van der Waals surface area contributed by atoms with Gasteiger partial charge in [0.05, 0.1) is 0 Å². The number of hydrogen-bond donors (Lipinski definition) is 1. The Balaban J connectivity index is 2.29. The summed E-state index contributed by atoms with van der Waals surface area (Å²) in [6.45, 7) is 7.66. The van der Waals surface area contributed by atoms with E-state index in [-0.39, 0.29) is 5.54 Å². The molecule has 1 aromatic heterocycles. The lowest BCUT2D eigenvalue weighted by Gasteiger charge is -2.24. The van der Waals surface area contributed by atoms with Crippen molar-refractivity contribution in [3.05, 3.63) is 30.1 Å². The van der Waals surface area contributed by atoms with E-state index in [1.165, 1.54) is 0 Å². The minimum absolute atomic E-state index is 0.245. The number of rotatable bonds is 5. The summed E-state index contributed by atoms with van der Waals surface area (Å²) in [7, 11) is 0. The molecule has 0 atom stereocenters. The number of nitrogens with one attached hydrogen (secondary N) is 1. The van der Waals surface area contributed by atoms with E-state index in [0.29, 0.717) is 0 Å². The standard InChI is InChI=1S/C12H20N2/c1-4-12(2,3)14-10-8-11-7-5-6-9-13-11/h5-7,9,14H,4,8,10H2,1-3H3. The number of aromatic nitrogens is 1. The molecule has 0 saturated carbocycles. The fourth-order valence-electron chi connectivity index (χ4n) is 1.20. The Hall–Kier alpha value is -0.890. The van der Waals surface area contributed by atoms with Gasteiger partial charge in [-0.25, -0.2) is 0 Å². The van der Waals surface area contributed by atoms with Gasteiger partial charge in [0.2, 0.25) is 0 Å². The monoisotopic (exact) mass is 192 g/mol. The van der Waals surface area contributed by atoms with E-state index in [2.05, 4.69) is 37.1 Å². The quantitative estimate of drug-likeness (QED) is 0.775. The Morgan fingerprint density at radius 2 is 2.14 bits per heavy atom. The van der Waals surface area contributed by atoms with Crippen molar-refractivity contribution in [3.63, 3.8) is 0 Å². The zero-order valence-electron chi connectivity index (χ0n) is 9.38. The minimum atomic E-state index is 0.245. The van der Waals surface area contributed by atoms with Crippen LogP contribution in [0.2, 0.25) is 0 Å². The molecule has 1 aromatic rings. The zero-order valence-corrected chi connectivity index (χ0v) is 9.38. The summed E-state index contributed by atoms with van der Waals surface area (Å²) in [6, 6.07) is 6.06. The van der Waals surface area contributed by atoms with Crippen LogP contribution < -0.4 is 5.32 Å². The van der Waals surface area contributed by atoms with Crippen molar-refractivity contribution in [2.45, 2.75) is 39.2 Å². The highest BCUT2D eigenvalue weighted by atomic mass is 14.9. The van der Waals surface area contributed by atoms with Crippen molar-refractivity contribution in [2.75, 3.05) is 6.54 Å². The third kappa shape index (κ3) is 3.88. The van der Waals surface area contributed by atoms with E-state index < -0.39 is 0 Å². The first-order valence-electron chi connectivity index (χ1n) is 5.29. The summed E-state index contributed by atoms with van der Waals surface area (Å²) in [5.74, 6) is 0. The Bertz CT molecular complexity index is 254. The molecule has 0 aromatic carbocycles. The molecule has 0 aliphatic rings. The third-order valence-electron chi connectivity index (χ3n) is 2.59. The summed E-state index contributed by atoms with van der Waals surface area (Å²) in [5.41, 5.74) is 1.40. The third-order valence-corrected chi connectivity index (χ3v) is 2.59. The molecule has 0 aliphatic heterocycles. The highest BCUT2D eigenvalue weighted by Crippen LogP contribution is 2.06. The molecule has 0 radical (unpaired) electrons. The van der Waals surface area contributed by atoms with E-state index in [9.17, 15) is 0 Å². The topological polar surface area (TPSA) is 24.9 Å². The molecule has 0 amide bonds. The van der Waals surface area contributed by atoms with Gasteiger partial charge in [0.1, 0.15) is 0 Å². The van der Waals surface area contributed by atoms with Gasteiger partial charge in [0.25, 0.3) is 0 Å². The van der Waals surface area contributed by atoms with E-state index in [4.69, 9.17) is 0 Å². The Morgan fingerprint density at radius 1 is 1.36 bits per heavy atom. The number of pyridine rings is 1. The van der Waals surface area contributed by atoms with Crippen LogP contribution in [0.15, 0.2) is 24.4 Å². The lowest BCUT2D eigenvalue weighted by Crippen LogP contribution is -2.39. The predicted octanol–water partition coefficient (Wildman–Crippen LogP) is 2.40. The number of hydrogen-bond acceptors (Lipinski definition) is 2. The van der Waals surface area contributed by atoms with Crippen molar-refractivity contribution in [1.82, 2.24) is 10.3 Å². The normalized spacial score (nSPS) is 11.6. The molecule has 2 heteroatoms. The molecule has 0 spiro atoms. The first kappa shape index (κ1) is 11.2. The smallest absolute Gasteiger partial charge is 0.0416 e. The molecule has 1 N–H and O–H groups in total. The molecular formula is C12H20N2. The van der Waals surface area contributed by atoms with E-state index >= 15 is 0 Å². The van der Waals surface area contributed by atoms with Crippen LogP contribution in [0.1, 0.15) is 32.9 Å². The van der Waals surface area contributed by atoms with Gasteiger partial charge >= 0.3 is 0 Å². The van der Waals surface area contributed by atoms with Crippen LogP contribution in [-0.4, -0.2) is 17.1 Å². The second kappa shape index (κ2) is 5.11. The molecule has 0 saturated heterocycles. The molecule has 0 fully saturated rings. The van der Waals surface area contributed by atoms with Crippen LogP contribution in [0.3, 0.4) is 0 Å². The van der Waals surface area contributed by atoms with Crippen molar-refractivity contribution in [1.29, 1.82) is 0 Å². The van der Waals surface area contributed by atoms with Gasteiger partial charge in [-0.1, -0.05) is 13.0 Å². The van der Waals surface area contributed by atoms with Gasteiger partial charge in [0, 0.05) is 30.4 Å². The molecule has 0 aliphatic carbocycles. The van der Waals surface area contributed by atoms with Crippen molar-refractivity contribution in [2.24, 2.45) is 0 Å². The van der Waals surface area contributed by atoms with E-state index in [0.717, 1.165) is 25.1 Å². The van der Waals surface area contributed by atoms with E-state index in [1.807, 2.05) is 18.3 Å². The Kier molecular flexibility index (Phi) is 4.08. The summed E-state index contributed by atoms with van der Waals surface area (Å²) in [6.07, 6.45) is 4.00. The summed E-state index contributed by atoms with van der Waals surface area (Å²) < 4.78 is 0. The highest BCUT2D eigenvalue weighted by molar-refractivity contribution is 5.03. The zero-order chi connectivity index (χ0) is 10.4. The fourth-order valence-corrected chi connectivity index (χ4v) is 1.20. The molecule has 0 bridgehead atoms. The SMILES string of the molecule is CCC(C)(C)NCCc1ccccn1. The first-order valence-corrected chi connectivity index (χ1v) is 5.29. The average molecular weight is 192 g/mol. The summed E-state index contributed by atoms with van der Waals surface area (Å²) >= 11 is 0. The van der Waals surface area contributed by atoms with Gasteiger partial charge in [-0.15, -0.1) is 0 Å². The van der Waals surface area contributed by atoms with Crippen LogP contribution in [0.4, 0.5) is 0 Å². The average Bonchev–Trinajstić information content (AvgIpc) is 2.19. The van der Waals surface area contributed by atoms with Crippen LogP contribution in [0.5, 0.6) is 0 Å². The molecule has 0 unspecified atom stereocenters. The second-order valence-electron chi connectivity index (χ2n) is 4.24. The van der Waals surface area contributed by atoms with Crippen molar-refractivity contribution in [3.8, 4) is 0 Å². The van der Waals surface area contributed by atoms with Gasteiger partial charge in [0.15, 0.2) is 0 Å². The van der Waals surface area contributed by atoms with Crippen molar-refractivity contribution >= 4 is 0 Å². The largest absolute Gasteiger partial charge is 0.311 e. The maximum absolute atomic E-state index is 4.28. The molecule has 78 valence electrons. The fraction of sp³-hybridized carbons (Fsp3) is 0.583. The number of nitrogens with zero attached hydrogens (tertiary/aromatic N) is 1. The van der Waals surface area contributed by atoms with Crippen LogP contribution in [0.25, 0.3) is 0 Å². The first-order chi connectivity index (χ1) is 6.64. The maximum atomic E-state index is 4.28. The van der Waals surface area contributed by atoms with Gasteiger partial charge in [-0.2, -0.15) is 0 Å². The van der Waals surface area contributed by atoms with Crippen LogP contribution in [-0.2, 0) is 6.42 Å². The molecule has 14 heavy (non-hydrogen) atoms. The lowest BCUT2D eigenvalue weighted by molar-refractivity contribution is 0.379. The summed E-state index contributed by atoms with van der Waals surface area (Å²) in [5, 5.41) is 3.52. The van der Waals surface area contributed by atoms with Crippen molar-refractivity contribution < 1.29 is 0 Å². The van der Waals surface area contributed by atoms with Crippen LogP contribution in [0, 0.1) is 0 Å². The van der Waals surface area contributed by atoms with Crippen LogP contribution >= 0.6 is 0 Å². The molecular weight excluding hydrogens is 172 g/mol. The lowest BCUT2D eigenvalue weighted by atomic mass is 10.0. The summed E-state index contributed by atoms with van der Waals surface area (Å²) in [4.78, 5) is 4.28. The Labute approximate surface area is 86.8 Å². The molecule has 2 nitrogen and oxygen atoms in total. The predicted molar refractivity (Wildman–Crippen MR) is 60.3 cm³/mol. The van der Waals surface area contributed by atoms with E-state index in [1.54, 1.807) is 0 Å². The van der Waals surface area contributed by atoms with Gasteiger partial charge in [-0.05, 0) is 32.4 Å². The van der Waals surface area contributed by atoms with Gasteiger partial charge < -0.3 is 5.32 Å². The minimum Gasteiger partial charge on any atom is -0.311 e. The maximum Gasteiger partial charge on any atom is 0.0416 e. The second-order valence-corrected chi connectivity index (χ2v) is 4.24. The molecule has 1 heterocycles. The molecule has 1 rings (SSSR count). The highest BCUT2D eigenvalue weighted by Gasteiger charge is 2.12. The Morgan fingerprint density at radius 3 is 2.71 bits per heavy atom.